The van der Waals surface area contributed by atoms with Crippen LogP contribution < -0.4 is 4.74 Å². The molecule has 0 bridgehead atoms. The van der Waals surface area contributed by atoms with Crippen LogP contribution in [0.15, 0.2) is 54.1 Å². The molecule has 1 saturated carbocycles. The zero-order valence-corrected chi connectivity index (χ0v) is 16.0. The summed E-state index contributed by atoms with van der Waals surface area (Å²) in [5.74, 6) is 0.682. The Hall–Kier alpha value is -2.55. The maximum Gasteiger partial charge on any atom is 0.311 e. The summed E-state index contributed by atoms with van der Waals surface area (Å²) in [5, 5.41) is 9.66. The first-order chi connectivity index (χ1) is 13.2. The van der Waals surface area contributed by atoms with Crippen molar-refractivity contribution >= 4 is 11.5 Å². The summed E-state index contributed by atoms with van der Waals surface area (Å²) in [5.41, 5.74) is 4.99. The molecule has 0 atom stereocenters. The third-order valence-corrected chi connectivity index (χ3v) is 5.05. The molecule has 3 rings (SSSR count). The van der Waals surface area contributed by atoms with Gasteiger partial charge in [-0.3, -0.25) is 4.79 Å². The lowest BCUT2D eigenvalue weighted by atomic mass is 9.89. The Balaban J connectivity index is 1.94. The summed E-state index contributed by atoms with van der Waals surface area (Å²) in [4.78, 5) is 11.7. The fraction of sp³-hybridized carbons (Fsp3) is 0.375. The van der Waals surface area contributed by atoms with Crippen molar-refractivity contribution in [2.24, 2.45) is 0 Å². The van der Waals surface area contributed by atoms with Gasteiger partial charge >= 0.3 is 5.97 Å². The first-order valence-corrected chi connectivity index (χ1v) is 10.00. The lowest BCUT2D eigenvalue weighted by Gasteiger charge is -2.16. The largest absolute Gasteiger partial charge is 0.508 e. The minimum absolute atomic E-state index is 0.189. The van der Waals surface area contributed by atoms with E-state index in [-0.39, 0.29) is 11.7 Å². The zero-order chi connectivity index (χ0) is 19.1. The van der Waals surface area contributed by atoms with Gasteiger partial charge in [-0.2, -0.15) is 0 Å². The molecule has 1 aliphatic carbocycles. The van der Waals surface area contributed by atoms with Crippen LogP contribution >= 0.6 is 0 Å². The molecular formula is C24H28O3. The Morgan fingerprint density at radius 1 is 0.889 bits per heavy atom. The first kappa shape index (κ1) is 19.2. The number of phenols is 1. The number of allylic oxidation sites excluding steroid dienone is 1. The molecule has 0 heterocycles. The van der Waals surface area contributed by atoms with Crippen LogP contribution in [0, 0.1) is 0 Å². The van der Waals surface area contributed by atoms with Crippen molar-refractivity contribution in [1.82, 2.24) is 0 Å². The number of rotatable bonds is 5. The molecule has 0 unspecified atom stereocenters. The predicted octanol–water partition coefficient (Wildman–Crippen LogP) is 6.25. The van der Waals surface area contributed by atoms with Gasteiger partial charge in [-0.05, 0) is 73.1 Å². The average molecular weight is 364 g/mol. The first-order valence-electron chi connectivity index (χ1n) is 10.00. The van der Waals surface area contributed by atoms with E-state index in [0.717, 1.165) is 30.4 Å². The van der Waals surface area contributed by atoms with Gasteiger partial charge in [0.05, 0.1) is 0 Å². The second-order valence-corrected chi connectivity index (χ2v) is 7.19. The van der Waals surface area contributed by atoms with Crippen molar-refractivity contribution in [3.8, 4) is 11.5 Å². The predicted molar refractivity (Wildman–Crippen MR) is 109 cm³/mol. The van der Waals surface area contributed by atoms with E-state index in [1.807, 2.05) is 43.3 Å². The number of aromatic hydroxyl groups is 1. The summed E-state index contributed by atoms with van der Waals surface area (Å²) in [6.45, 7) is 1.97. The summed E-state index contributed by atoms with van der Waals surface area (Å²) < 4.78 is 5.39. The third-order valence-electron chi connectivity index (χ3n) is 5.05. The molecule has 3 heteroatoms. The van der Waals surface area contributed by atoms with Crippen LogP contribution in [0.5, 0.6) is 11.5 Å². The monoisotopic (exact) mass is 364 g/mol. The summed E-state index contributed by atoms with van der Waals surface area (Å²) in [6.07, 6.45) is 8.48. The molecule has 0 aliphatic heterocycles. The summed E-state index contributed by atoms with van der Waals surface area (Å²) in [6, 6.07) is 15.3. The van der Waals surface area contributed by atoms with Gasteiger partial charge in [0.15, 0.2) is 0 Å². The van der Waals surface area contributed by atoms with E-state index >= 15 is 0 Å². The molecule has 0 saturated heterocycles. The van der Waals surface area contributed by atoms with E-state index in [0.29, 0.717) is 12.2 Å². The Morgan fingerprint density at radius 3 is 2.00 bits per heavy atom. The van der Waals surface area contributed by atoms with Gasteiger partial charge in [-0.1, -0.05) is 49.6 Å². The zero-order valence-electron chi connectivity index (χ0n) is 16.0. The van der Waals surface area contributed by atoms with Crippen LogP contribution in [0.25, 0.3) is 5.57 Å². The van der Waals surface area contributed by atoms with Crippen LogP contribution in [0.4, 0.5) is 0 Å². The Bertz CT molecular complexity index is 775. The number of benzene rings is 2. The molecule has 0 amide bonds. The molecule has 0 spiro atoms. The number of ether oxygens (including phenoxy) is 1. The van der Waals surface area contributed by atoms with Gasteiger partial charge in [-0.15, -0.1) is 0 Å². The van der Waals surface area contributed by atoms with Crippen molar-refractivity contribution in [3.05, 3.63) is 65.2 Å². The molecule has 3 nitrogen and oxygen atoms in total. The molecule has 1 fully saturated rings. The fourth-order valence-corrected chi connectivity index (χ4v) is 3.68. The van der Waals surface area contributed by atoms with Gasteiger partial charge in [-0.25, -0.2) is 0 Å². The van der Waals surface area contributed by atoms with Crippen molar-refractivity contribution in [3.63, 3.8) is 0 Å². The number of carbonyl (C=O) groups is 1. The highest BCUT2D eigenvalue weighted by atomic mass is 16.5. The summed E-state index contributed by atoms with van der Waals surface area (Å²) >= 11 is 0. The Labute approximate surface area is 161 Å². The highest BCUT2D eigenvalue weighted by molar-refractivity contribution is 5.83. The Kier molecular flexibility index (Phi) is 6.69. The number of carbonyl (C=O) groups excluding carboxylic acids is 1. The van der Waals surface area contributed by atoms with Crippen LogP contribution in [0.1, 0.15) is 69.4 Å². The molecule has 2 aromatic rings. The normalized spacial score (nSPS) is 14.5. The molecule has 142 valence electrons. The molecular weight excluding hydrogens is 336 g/mol. The number of esters is 1. The molecule has 0 radical (unpaired) electrons. The van der Waals surface area contributed by atoms with Crippen molar-refractivity contribution in [2.75, 3.05) is 0 Å². The average Bonchev–Trinajstić information content (AvgIpc) is 2.94. The van der Waals surface area contributed by atoms with Crippen molar-refractivity contribution < 1.29 is 14.6 Å². The van der Waals surface area contributed by atoms with Gasteiger partial charge in [0, 0.05) is 6.42 Å². The van der Waals surface area contributed by atoms with Crippen LogP contribution in [-0.4, -0.2) is 11.1 Å². The fourth-order valence-electron chi connectivity index (χ4n) is 3.68. The van der Waals surface area contributed by atoms with E-state index < -0.39 is 0 Å². The van der Waals surface area contributed by atoms with Crippen LogP contribution in [0.3, 0.4) is 0 Å². The van der Waals surface area contributed by atoms with E-state index in [2.05, 4.69) is 0 Å². The van der Waals surface area contributed by atoms with E-state index in [1.54, 1.807) is 12.1 Å². The van der Waals surface area contributed by atoms with E-state index in [9.17, 15) is 9.90 Å². The number of phenolic OH excluding ortho intramolecular Hbond substituents is 1. The maximum absolute atomic E-state index is 11.7. The number of hydrogen-bond acceptors (Lipinski definition) is 3. The minimum atomic E-state index is -0.189. The molecule has 27 heavy (non-hydrogen) atoms. The second-order valence-electron chi connectivity index (χ2n) is 7.19. The third kappa shape index (κ3) is 5.22. The second kappa shape index (κ2) is 9.40. The minimum Gasteiger partial charge on any atom is -0.508 e. The smallest absolute Gasteiger partial charge is 0.311 e. The summed E-state index contributed by atoms with van der Waals surface area (Å²) in [7, 11) is 0. The van der Waals surface area contributed by atoms with Crippen LogP contribution in [0.2, 0.25) is 0 Å². The topological polar surface area (TPSA) is 46.5 Å². The van der Waals surface area contributed by atoms with Gasteiger partial charge in [0.1, 0.15) is 11.5 Å². The van der Waals surface area contributed by atoms with Gasteiger partial charge in [0.2, 0.25) is 0 Å². The molecule has 1 N–H and O–H groups in total. The Morgan fingerprint density at radius 2 is 1.44 bits per heavy atom. The lowest BCUT2D eigenvalue weighted by molar-refractivity contribution is -0.134. The van der Waals surface area contributed by atoms with Crippen molar-refractivity contribution in [1.29, 1.82) is 0 Å². The van der Waals surface area contributed by atoms with Crippen molar-refractivity contribution in [2.45, 2.75) is 58.3 Å². The quantitative estimate of drug-likeness (QED) is 0.387. The lowest BCUT2D eigenvalue weighted by Crippen LogP contribution is -2.06. The van der Waals surface area contributed by atoms with E-state index in [4.69, 9.17) is 4.74 Å². The maximum atomic E-state index is 11.7. The number of hydrogen-bond donors (Lipinski definition) is 1. The molecule has 1 aliphatic rings. The molecule has 2 aromatic carbocycles. The highest BCUT2D eigenvalue weighted by Gasteiger charge is 2.15. The SMILES string of the molecule is CCCC(=O)Oc1ccc(C(=C2CCCCCC2)c2ccc(O)cc2)cc1. The standard InChI is InChI=1S/C24H28O3/c1-2-7-23(26)27-22-16-12-20(13-17-22)24(18-8-5-3-4-6-9-18)19-10-14-21(25)15-11-19/h10-17,25H,2-9H2,1H3. The molecule has 0 aromatic heterocycles. The van der Waals surface area contributed by atoms with Crippen LogP contribution in [-0.2, 0) is 4.79 Å². The van der Waals surface area contributed by atoms with E-state index in [1.165, 1.54) is 36.8 Å². The van der Waals surface area contributed by atoms with Gasteiger partial charge < -0.3 is 9.84 Å². The van der Waals surface area contributed by atoms with Gasteiger partial charge in [0.25, 0.3) is 0 Å². The highest BCUT2D eigenvalue weighted by Crippen LogP contribution is 2.35.